The van der Waals surface area contributed by atoms with Crippen LogP contribution < -0.4 is 0 Å². The molecule has 96 valence electrons. The second kappa shape index (κ2) is 5.86. The van der Waals surface area contributed by atoms with Crippen LogP contribution in [0.1, 0.15) is 47.7 Å². The molecule has 0 amide bonds. The highest BCUT2D eigenvalue weighted by Crippen LogP contribution is 2.17. The molecule has 0 N–H and O–H groups in total. The molecule has 0 aromatic carbocycles. The van der Waals surface area contributed by atoms with Gasteiger partial charge in [-0.2, -0.15) is 5.10 Å². The molecule has 6 heteroatoms. The molecule has 0 unspecified atom stereocenters. The van der Waals surface area contributed by atoms with Crippen molar-refractivity contribution in [2.24, 2.45) is 0 Å². The van der Waals surface area contributed by atoms with Gasteiger partial charge in [-0.25, -0.2) is 0 Å². The van der Waals surface area contributed by atoms with Gasteiger partial charge in [-0.15, -0.1) is 5.10 Å². The molecule has 0 spiro atoms. The summed E-state index contributed by atoms with van der Waals surface area (Å²) in [7, 11) is 0. The van der Waals surface area contributed by atoms with E-state index in [1.165, 1.54) is 11.5 Å². The van der Waals surface area contributed by atoms with Crippen molar-refractivity contribution in [1.29, 1.82) is 0 Å². The lowest BCUT2D eigenvalue weighted by Gasteiger charge is -2.04. The predicted molar refractivity (Wildman–Crippen MR) is 69.9 cm³/mol. The van der Waals surface area contributed by atoms with Crippen LogP contribution in [0.3, 0.4) is 0 Å². The van der Waals surface area contributed by atoms with Crippen LogP contribution >= 0.6 is 11.5 Å². The lowest BCUT2D eigenvalue weighted by atomic mass is 10.1. The summed E-state index contributed by atoms with van der Waals surface area (Å²) < 4.78 is 5.64. The number of rotatable bonds is 6. The minimum atomic E-state index is -0.0144. The highest BCUT2D eigenvalue weighted by molar-refractivity contribution is 7.08. The Kier molecular flexibility index (Phi) is 4.19. The number of nitrogens with zero attached hydrogens (tertiary/aromatic N) is 4. The Balaban J connectivity index is 2.29. The molecule has 0 aliphatic rings. The summed E-state index contributed by atoms with van der Waals surface area (Å²) in [4.78, 5) is 13.1. The van der Waals surface area contributed by atoms with Crippen molar-refractivity contribution in [1.82, 2.24) is 19.4 Å². The van der Waals surface area contributed by atoms with Crippen molar-refractivity contribution in [2.45, 2.75) is 39.7 Å². The average Bonchev–Trinajstić information content (AvgIpc) is 2.98. The average molecular weight is 264 g/mol. The molecular weight excluding hydrogens is 248 g/mol. The number of carbonyl (C=O) groups excluding carboxylic acids is 1. The van der Waals surface area contributed by atoms with E-state index in [9.17, 15) is 4.79 Å². The van der Waals surface area contributed by atoms with Crippen LogP contribution in [0.4, 0.5) is 0 Å². The highest BCUT2D eigenvalue weighted by atomic mass is 32.1. The van der Waals surface area contributed by atoms with Gasteiger partial charge in [-0.05, 0) is 30.4 Å². The van der Waals surface area contributed by atoms with E-state index < -0.39 is 0 Å². The summed E-state index contributed by atoms with van der Waals surface area (Å²) >= 11 is 1.17. The molecule has 0 aliphatic carbocycles. The summed E-state index contributed by atoms with van der Waals surface area (Å²) in [5.41, 5.74) is 1.43. The van der Waals surface area contributed by atoms with Gasteiger partial charge in [-0.3, -0.25) is 9.48 Å². The fourth-order valence-corrected chi connectivity index (χ4v) is 2.47. The zero-order chi connectivity index (χ0) is 13.0. The topological polar surface area (TPSA) is 60.7 Å². The second-order valence-electron chi connectivity index (χ2n) is 4.07. The molecule has 0 aliphatic heterocycles. The van der Waals surface area contributed by atoms with Gasteiger partial charge in [0.2, 0.25) is 5.78 Å². The number of aromatic nitrogens is 4. The number of ketones is 1. The maximum atomic E-state index is 12.4. The Hall–Kier alpha value is -1.56. The summed E-state index contributed by atoms with van der Waals surface area (Å²) in [5, 5.41) is 8.20. The van der Waals surface area contributed by atoms with E-state index >= 15 is 0 Å². The van der Waals surface area contributed by atoms with Gasteiger partial charge in [0.25, 0.3) is 0 Å². The zero-order valence-corrected chi connectivity index (χ0v) is 11.4. The Bertz CT molecular complexity index is 485. The van der Waals surface area contributed by atoms with Crippen molar-refractivity contribution in [3.8, 4) is 0 Å². The fraction of sp³-hybridized carbons (Fsp3) is 0.500. The molecule has 5 nitrogen and oxygen atoms in total. The van der Waals surface area contributed by atoms with E-state index in [2.05, 4.69) is 28.5 Å². The predicted octanol–water partition coefficient (Wildman–Crippen LogP) is 2.33. The molecule has 0 bridgehead atoms. The standard InChI is InChI=1S/C12H16N4OS/c1-3-5-9-12(18-15-14-9)11(17)10-6-7-13-16(10)8-4-2/h6-7H,3-5,8H2,1-2H3. The van der Waals surface area contributed by atoms with Crippen molar-refractivity contribution in [3.63, 3.8) is 0 Å². The fourth-order valence-electron chi connectivity index (χ4n) is 1.81. The second-order valence-corrected chi connectivity index (χ2v) is 4.82. The quantitative estimate of drug-likeness (QED) is 0.751. The third-order valence-electron chi connectivity index (χ3n) is 2.63. The third-order valence-corrected chi connectivity index (χ3v) is 3.40. The Morgan fingerprint density at radius 1 is 1.39 bits per heavy atom. The summed E-state index contributed by atoms with van der Waals surface area (Å²) in [6.45, 7) is 4.88. The maximum absolute atomic E-state index is 12.4. The first-order valence-corrected chi connectivity index (χ1v) is 6.93. The Morgan fingerprint density at radius 3 is 2.94 bits per heavy atom. The van der Waals surface area contributed by atoms with Crippen LogP contribution in [0.15, 0.2) is 12.3 Å². The number of carbonyl (C=O) groups is 1. The van der Waals surface area contributed by atoms with E-state index in [4.69, 9.17) is 0 Å². The van der Waals surface area contributed by atoms with Crippen LogP contribution in [0.2, 0.25) is 0 Å². The first kappa shape index (κ1) is 12.9. The van der Waals surface area contributed by atoms with Crippen molar-refractivity contribution in [3.05, 3.63) is 28.5 Å². The lowest BCUT2D eigenvalue weighted by molar-refractivity contribution is 0.103. The molecule has 0 atom stereocenters. The highest BCUT2D eigenvalue weighted by Gasteiger charge is 2.20. The minimum Gasteiger partial charge on any atom is -0.286 e. The molecule has 0 saturated carbocycles. The molecule has 2 heterocycles. The number of aryl methyl sites for hydroxylation is 2. The molecule has 18 heavy (non-hydrogen) atoms. The maximum Gasteiger partial charge on any atom is 0.224 e. The van der Waals surface area contributed by atoms with Crippen molar-refractivity contribution >= 4 is 17.3 Å². The first-order valence-electron chi connectivity index (χ1n) is 6.15. The van der Waals surface area contributed by atoms with Crippen LogP contribution in [0.25, 0.3) is 0 Å². The summed E-state index contributed by atoms with van der Waals surface area (Å²) in [6, 6.07) is 1.76. The zero-order valence-electron chi connectivity index (χ0n) is 10.6. The smallest absolute Gasteiger partial charge is 0.224 e. The molecule has 2 rings (SSSR count). The molecule has 2 aromatic rings. The third kappa shape index (κ3) is 2.48. The lowest BCUT2D eigenvalue weighted by Crippen LogP contribution is -2.12. The molecule has 0 saturated heterocycles. The Morgan fingerprint density at radius 2 is 2.22 bits per heavy atom. The monoisotopic (exact) mass is 264 g/mol. The van der Waals surface area contributed by atoms with Gasteiger partial charge in [0.1, 0.15) is 10.6 Å². The first-order chi connectivity index (χ1) is 8.77. The van der Waals surface area contributed by atoms with Gasteiger partial charge in [-0.1, -0.05) is 24.8 Å². The van der Waals surface area contributed by atoms with Crippen molar-refractivity contribution < 1.29 is 4.79 Å². The van der Waals surface area contributed by atoms with Gasteiger partial charge in [0.15, 0.2) is 0 Å². The molecule has 0 radical (unpaired) electrons. The number of hydrogen-bond acceptors (Lipinski definition) is 5. The van der Waals surface area contributed by atoms with Gasteiger partial charge >= 0.3 is 0 Å². The SMILES string of the molecule is CCCc1nnsc1C(=O)c1ccnn1CCC. The summed E-state index contributed by atoms with van der Waals surface area (Å²) in [6.07, 6.45) is 4.36. The van der Waals surface area contributed by atoms with Gasteiger partial charge in [0, 0.05) is 12.7 Å². The van der Waals surface area contributed by atoms with Crippen LogP contribution in [-0.2, 0) is 13.0 Å². The van der Waals surface area contributed by atoms with Crippen LogP contribution in [0.5, 0.6) is 0 Å². The molecule has 2 aromatic heterocycles. The van der Waals surface area contributed by atoms with Crippen LogP contribution in [0, 0.1) is 0 Å². The Labute approximate surface area is 110 Å². The van der Waals surface area contributed by atoms with E-state index in [1.807, 2.05) is 0 Å². The van der Waals surface area contributed by atoms with E-state index in [0.717, 1.165) is 31.5 Å². The largest absolute Gasteiger partial charge is 0.286 e. The van der Waals surface area contributed by atoms with E-state index in [0.29, 0.717) is 10.6 Å². The van der Waals surface area contributed by atoms with Gasteiger partial charge < -0.3 is 0 Å². The van der Waals surface area contributed by atoms with E-state index in [1.54, 1.807) is 16.9 Å². The molecule has 0 fully saturated rings. The summed E-state index contributed by atoms with van der Waals surface area (Å²) in [5.74, 6) is -0.0144. The van der Waals surface area contributed by atoms with Crippen molar-refractivity contribution in [2.75, 3.05) is 0 Å². The normalized spacial score (nSPS) is 10.8. The van der Waals surface area contributed by atoms with Gasteiger partial charge in [0.05, 0.1) is 5.69 Å². The van der Waals surface area contributed by atoms with Crippen LogP contribution in [-0.4, -0.2) is 25.2 Å². The minimum absolute atomic E-state index is 0.0144. The number of hydrogen-bond donors (Lipinski definition) is 0. The van der Waals surface area contributed by atoms with E-state index in [-0.39, 0.29) is 5.78 Å². The molecular formula is C12H16N4OS.